The van der Waals surface area contributed by atoms with Crippen molar-refractivity contribution < 1.29 is 18.8 Å². The van der Waals surface area contributed by atoms with Gasteiger partial charge in [-0.2, -0.15) is 0 Å². The van der Waals surface area contributed by atoms with Gasteiger partial charge in [-0.05, 0) is 22.6 Å². The zero-order valence-corrected chi connectivity index (χ0v) is 14.0. The lowest BCUT2D eigenvalue weighted by Gasteiger charge is -2.21. The van der Waals surface area contributed by atoms with Gasteiger partial charge in [0.15, 0.2) is 0 Å². The lowest BCUT2D eigenvalue weighted by molar-refractivity contribution is -0.389. The first-order chi connectivity index (χ1) is 13.1. The topological polar surface area (TPSA) is 105 Å². The average Bonchev–Trinajstić information content (AvgIpc) is 3.11. The molecule has 1 aromatic carbocycles. The van der Waals surface area contributed by atoms with Crippen LogP contribution in [0.25, 0.3) is 11.1 Å². The van der Waals surface area contributed by atoms with Crippen LogP contribution in [0.4, 0.5) is 10.2 Å². The summed E-state index contributed by atoms with van der Waals surface area (Å²) in [5.74, 6) is -0.552. The van der Waals surface area contributed by atoms with Gasteiger partial charge in [0, 0.05) is 35.9 Å². The van der Waals surface area contributed by atoms with Gasteiger partial charge in [-0.3, -0.25) is 4.57 Å². The molecule has 3 heterocycles. The van der Waals surface area contributed by atoms with E-state index in [0.29, 0.717) is 13.0 Å². The van der Waals surface area contributed by atoms with E-state index in [4.69, 9.17) is 9.47 Å². The third-order valence-corrected chi connectivity index (χ3v) is 4.08. The Bertz CT molecular complexity index is 958. The number of ether oxygens (including phenoxy) is 2. The number of aromatic nitrogens is 4. The van der Waals surface area contributed by atoms with E-state index < -0.39 is 4.92 Å². The third kappa shape index (κ3) is 3.68. The summed E-state index contributed by atoms with van der Waals surface area (Å²) in [6, 6.07) is 6.42. The summed E-state index contributed by atoms with van der Waals surface area (Å²) in [5, 5.41) is 10.8. The molecule has 1 aliphatic heterocycles. The van der Waals surface area contributed by atoms with Gasteiger partial charge >= 0.3 is 17.8 Å². The van der Waals surface area contributed by atoms with Crippen molar-refractivity contribution in [2.24, 2.45) is 0 Å². The van der Waals surface area contributed by atoms with Crippen molar-refractivity contribution in [3.05, 3.63) is 58.8 Å². The first-order valence-electron chi connectivity index (χ1n) is 8.17. The summed E-state index contributed by atoms with van der Waals surface area (Å²) in [7, 11) is 0. The van der Waals surface area contributed by atoms with E-state index in [1.165, 1.54) is 18.3 Å². The first-order valence-corrected chi connectivity index (χ1v) is 8.17. The molecule has 0 saturated heterocycles. The van der Waals surface area contributed by atoms with Crippen LogP contribution in [-0.2, 0) is 6.54 Å². The molecule has 4 rings (SSSR count). The molecule has 0 spiro atoms. The molecular formula is C17H14FN5O4. The molecule has 0 N–H and O–H groups in total. The Kier molecular flexibility index (Phi) is 4.37. The van der Waals surface area contributed by atoms with Crippen LogP contribution in [0.3, 0.4) is 0 Å². The number of benzene rings is 1. The Labute approximate surface area is 152 Å². The molecule has 1 aliphatic rings. The van der Waals surface area contributed by atoms with E-state index in [0.717, 1.165) is 11.1 Å². The Morgan fingerprint density at radius 1 is 1.26 bits per heavy atom. The molecule has 0 saturated carbocycles. The molecule has 0 bridgehead atoms. The summed E-state index contributed by atoms with van der Waals surface area (Å²) >= 11 is 0. The maximum atomic E-state index is 13.0. The Balaban J connectivity index is 1.36. The molecule has 3 aromatic rings. The summed E-state index contributed by atoms with van der Waals surface area (Å²) in [4.78, 5) is 22.3. The molecule has 27 heavy (non-hydrogen) atoms. The Morgan fingerprint density at radius 3 is 2.70 bits per heavy atom. The van der Waals surface area contributed by atoms with E-state index in [2.05, 4.69) is 15.0 Å². The van der Waals surface area contributed by atoms with Gasteiger partial charge in [-0.25, -0.2) is 14.4 Å². The van der Waals surface area contributed by atoms with E-state index in [1.807, 2.05) is 0 Å². The fraction of sp³-hybridized carbons (Fsp3) is 0.235. The molecule has 138 valence electrons. The van der Waals surface area contributed by atoms with Crippen molar-refractivity contribution in [3.63, 3.8) is 0 Å². The van der Waals surface area contributed by atoms with Crippen LogP contribution in [-0.4, -0.2) is 37.2 Å². The number of halogens is 1. The van der Waals surface area contributed by atoms with Crippen molar-refractivity contribution in [1.82, 2.24) is 19.5 Å². The Hall–Kier alpha value is -3.56. The summed E-state index contributed by atoms with van der Waals surface area (Å²) in [5.41, 5.74) is 1.54. The summed E-state index contributed by atoms with van der Waals surface area (Å²) in [6.07, 6.45) is 4.85. The van der Waals surface area contributed by atoms with E-state index in [1.54, 1.807) is 29.1 Å². The normalized spacial score (nSPS) is 15.7. The molecule has 2 aromatic heterocycles. The fourth-order valence-corrected chi connectivity index (χ4v) is 2.69. The zero-order chi connectivity index (χ0) is 18.8. The molecule has 9 nitrogen and oxygen atoms in total. The van der Waals surface area contributed by atoms with Crippen molar-refractivity contribution in [1.29, 1.82) is 0 Å². The van der Waals surface area contributed by atoms with Crippen molar-refractivity contribution in [2.75, 3.05) is 6.61 Å². The van der Waals surface area contributed by atoms with Gasteiger partial charge < -0.3 is 19.6 Å². The lowest BCUT2D eigenvalue weighted by atomic mass is 10.1. The molecule has 1 atom stereocenters. The number of imidazole rings is 1. The highest BCUT2D eigenvalue weighted by molar-refractivity contribution is 5.61. The highest BCUT2D eigenvalue weighted by Gasteiger charge is 2.28. The molecule has 0 fully saturated rings. The van der Waals surface area contributed by atoms with Crippen molar-refractivity contribution >= 4 is 5.82 Å². The zero-order valence-electron chi connectivity index (χ0n) is 14.0. The standard InChI is InChI=1S/C17H14FN5O4/c18-13-3-1-11(2-4-13)12-7-19-16(20-8-12)26-10-14-5-6-22-9-15(23(24)25)21-17(22)27-14/h1-4,7-9,14H,5-6,10H2. The fourth-order valence-electron chi connectivity index (χ4n) is 2.69. The first kappa shape index (κ1) is 16.9. The van der Waals surface area contributed by atoms with E-state index >= 15 is 0 Å². The van der Waals surface area contributed by atoms with Crippen LogP contribution >= 0.6 is 0 Å². The number of aryl methyl sites for hydroxylation is 1. The van der Waals surface area contributed by atoms with Gasteiger partial charge in [0.1, 0.15) is 24.7 Å². The van der Waals surface area contributed by atoms with Crippen LogP contribution in [0.15, 0.2) is 42.9 Å². The van der Waals surface area contributed by atoms with Gasteiger partial charge in [0.05, 0.1) is 0 Å². The quantitative estimate of drug-likeness (QED) is 0.501. The van der Waals surface area contributed by atoms with Gasteiger partial charge in [-0.15, -0.1) is 0 Å². The van der Waals surface area contributed by atoms with Gasteiger partial charge in [0.25, 0.3) is 0 Å². The van der Waals surface area contributed by atoms with Crippen LogP contribution < -0.4 is 9.47 Å². The second kappa shape index (κ2) is 6.98. The smallest absolute Gasteiger partial charge is 0.414 e. The molecule has 1 unspecified atom stereocenters. The predicted molar refractivity (Wildman–Crippen MR) is 90.8 cm³/mol. The SMILES string of the molecule is O=[N+]([O-])c1cn2c(n1)OC(COc1ncc(-c3ccc(F)cc3)cn1)CC2. The maximum Gasteiger partial charge on any atom is 0.414 e. The van der Waals surface area contributed by atoms with Crippen LogP contribution in [0, 0.1) is 15.9 Å². The van der Waals surface area contributed by atoms with Gasteiger partial charge in [0.2, 0.25) is 0 Å². The van der Waals surface area contributed by atoms with Crippen LogP contribution in [0.1, 0.15) is 6.42 Å². The largest absolute Gasteiger partial charge is 0.460 e. The van der Waals surface area contributed by atoms with Crippen molar-refractivity contribution in [2.45, 2.75) is 19.1 Å². The summed E-state index contributed by atoms with van der Waals surface area (Å²) < 4.78 is 25.7. The minimum absolute atomic E-state index is 0.185. The Morgan fingerprint density at radius 2 is 2.00 bits per heavy atom. The molecular weight excluding hydrogens is 357 g/mol. The second-order valence-electron chi connectivity index (χ2n) is 5.93. The minimum atomic E-state index is -0.559. The highest BCUT2D eigenvalue weighted by atomic mass is 19.1. The number of hydrogen-bond donors (Lipinski definition) is 0. The predicted octanol–water partition coefficient (Wildman–Crippen LogP) is 2.62. The number of nitrogens with zero attached hydrogens (tertiary/aromatic N) is 5. The number of nitro groups is 1. The average molecular weight is 371 g/mol. The summed E-state index contributed by atoms with van der Waals surface area (Å²) in [6.45, 7) is 0.741. The lowest BCUT2D eigenvalue weighted by Crippen LogP contribution is -2.31. The number of hydrogen-bond acceptors (Lipinski definition) is 7. The molecule has 0 amide bonds. The maximum absolute atomic E-state index is 13.0. The molecule has 0 aliphatic carbocycles. The van der Waals surface area contributed by atoms with Crippen LogP contribution in [0.2, 0.25) is 0 Å². The number of fused-ring (bicyclic) bond motifs is 1. The molecule has 10 heteroatoms. The van der Waals surface area contributed by atoms with Crippen LogP contribution in [0.5, 0.6) is 12.0 Å². The van der Waals surface area contributed by atoms with E-state index in [-0.39, 0.29) is 36.4 Å². The minimum Gasteiger partial charge on any atom is -0.460 e. The monoisotopic (exact) mass is 371 g/mol. The van der Waals surface area contributed by atoms with E-state index in [9.17, 15) is 14.5 Å². The third-order valence-electron chi connectivity index (χ3n) is 4.08. The van der Waals surface area contributed by atoms with Crippen molar-refractivity contribution in [3.8, 4) is 23.1 Å². The number of rotatable bonds is 5. The highest BCUT2D eigenvalue weighted by Crippen LogP contribution is 2.24. The van der Waals surface area contributed by atoms with Gasteiger partial charge in [-0.1, -0.05) is 12.1 Å². The second-order valence-corrected chi connectivity index (χ2v) is 5.93. The molecule has 0 radical (unpaired) electrons.